The van der Waals surface area contributed by atoms with Crippen LogP contribution in [0.15, 0.2) is 48.5 Å². The Labute approximate surface area is 178 Å². The maximum atomic E-state index is 13.5. The van der Waals surface area contributed by atoms with Crippen molar-refractivity contribution >= 4 is 18.9 Å². The van der Waals surface area contributed by atoms with Gasteiger partial charge in [0.1, 0.15) is 18.5 Å². The molecular weight excluding hydrogens is 400 g/mol. The molecule has 3 aromatic rings. The van der Waals surface area contributed by atoms with Gasteiger partial charge < -0.3 is 9.67 Å². The second-order valence-corrected chi connectivity index (χ2v) is 9.11. The first kappa shape index (κ1) is 22.6. The van der Waals surface area contributed by atoms with Crippen molar-refractivity contribution in [2.24, 2.45) is 0 Å². The fourth-order valence-electron chi connectivity index (χ4n) is 3.85. The molecule has 2 unspecified atom stereocenters. The summed E-state index contributed by atoms with van der Waals surface area (Å²) in [6, 6.07) is 15.2. The van der Waals surface area contributed by atoms with E-state index in [1.165, 1.54) is 17.8 Å². The zero-order valence-electron chi connectivity index (χ0n) is 17.8. The number of para-hydroxylation sites is 1. The Kier molecular flexibility index (Phi) is 7.76. The highest BCUT2D eigenvalue weighted by molar-refractivity contribution is 7.39. The van der Waals surface area contributed by atoms with E-state index in [-0.39, 0.29) is 18.0 Å². The summed E-state index contributed by atoms with van der Waals surface area (Å²) in [6.45, 7) is 6.54. The van der Waals surface area contributed by atoms with Gasteiger partial charge in [0.05, 0.1) is 0 Å². The zero-order valence-corrected chi connectivity index (χ0v) is 18.7. The van der Waals surface area contributed by atoms with E-state index in [1.807, 2.05) is 31.2 Å². The fraction of sp³-hybridized carbons (Fsp3) is 0.417. The Bertz CT molecular complexity index is 998. The summed E-state index contributed by atoms with van der Waals surface area (Å²) >= 11 is 0. The van der Waals surface area contributed by atoms with Gasteiger partial charge in [-0.1, -0.05) is 37.3 Å². The summed E-state index contributed by atoms with van der Waals surface area (Å²) in [5.74, 6) is -0.251. The monoisotopic (exact) mass is 430 g/mol. The van der Waals surface area contributed by atoms with E-state index >= 15 is 0 Å². The van der Waals surface area contributed by atoms with Gasteiger partial charge in [-0.2, -0.15) is 0 Å². The van der Waals surface area contributed by atoms with Crippen LogP contribution in [0.5, 0.6) is 0 Å². The maximum absolute atomic E-state index is 13.5. The maximum Gasteiger partial charge on any atom is 0.510 e. The Morgan fingerprint density at radius 2 is 1.83 bits per heavy atom. The van der Waals surface area contributed by atoms with Crippen molar-refractivity contribution in [1.82, 2.24) is 4.57 Å². The van der Waals surface area contributed by atoms with Gasteiger partial charge in [0.2, 0.25) is 6.16 Å². The van der Waals surface area contributed by atoms with E-state index < -0.39 is 14.1 Å². The lowest BCUT2D eigenvalue weighted by Crippen LogP contribution is -2.09. The first-order valence-electron chi connectivity index (χ1n) is 10.6. The van der Waals surface area contributed by atoms with Gasteiger partial charge in [0.15, 0.2) is 0 Å². The highest BCUT2D eigenvalue weighted by atomic mass is 31.1. The van der Waals surface area contributed by atoms with Crippen molar-refractivity contribution in [3.05, 3.63) is 60.0 Å². The number of aliphatic hydroxyl groups excluding tert-OH is 1. The zero-order chi connectivity index (χ0) is 21.7. The van der Waals surface area contributed by atoms with Crippen molar-refractivity contribution in [3.63, 3.8) is 0 Å². The lowest BCUT2D eigenvalue weighted by Gasteiger charge is -2.16. The van der Waals surface area contributed by atoms with Crippen LogP contribution in [0, 0.1) is 5.82 Å². The lowest BCUT2D eigenvalue weighted by atomic mass is 10.00. The van der Waals surface area contributed by atoms with Gasteiger partial charge in [-0.3, -0.25) is 0 Å². The molecule has 0 amide bonds. The van der Waals surface area contributed by atoms with E-state index in [2.05, 4.69) is 30.5 Å². The van der Waals surface area contributed by atoms with Crippen molar-refractivity contribution in [2.75, 3.05) is 12.8 Å². The molecule has 0 fully saturated rings. The van der Waals surface area contributed by atoms with Crippen LogP contribution in [0.2, 0.25) is 0 Å². The number of hydrogen-bond donors (Lipinski definition) is 1. The smallest absolute Gasteiger partial charge is 0.389 e. The highest BCUT2D eigenvalue weighted by Gasteiger charge is 2.23. The van der Waals surface area contributed by atoms with Crippen molar-refractivity contribution in [1.29, 1.82) is 0 Å². The number of nitrogens with zero attached hydrogens (tertiary/aromatic N) is 1. The molecule has 6 heteroatoms. The predicted molar refractivity (Wildman–Crippen MR) is 121 cm³/mol. The molecule has 0 spiro atoms. The number of aliphatic hydroxyl groups is 1. The third-order valence-corrected chi connectivity index (χ3v) is 6.48. The van der Waals surface area contributed by atoms with Crippen molar-refractivity contribution in [3.8, 4) is 11.1 Å². The summed E-state index contributed by atoms with van der Waals surface area (Å²) in [5.41, 5.74) is 4.43. The van der Waals surface area contributed by atoms with Gasteiger partial charge in [0, 0.05) is 28.2 Å². The van der Waals surface area contributed by atoms with Crippen LogP contribution in [0.25, 0.3) is 22.0 Å². The van der Waals surface area contributed by atoms with E-state index in [9.17, 15) is 14.1 Å². The number of halogens is 1. The van der Waals surface area contributed by atoms with Gasteiger partial charge in [-0.25, -0.2) is 4.39 Å². The molecule has 0 aliphatic carbocycles. The van der Waals surface area contributed by atoms with E-state index in [1.54, 1.807) is 0 Å². The topological polar surface area (TPSA) is 51.5 Å². The minimum absolute atomic E-state index is 0.179. The SMILES string of the molecule is CCC(O)C[P+](=O)OCCCc1c(-c2ccc(F)cc2)c2ccccc2n1C(C)C. The van der Waals surface area contributed by atoms with E-state index in [4.69, 9.17) is 4.52 Å². The van der Waals surface area contributed by atoms with Crippen LogP contribution in [0.3, 0.4) is 0 Å². The summed E-state index contributed by atoms with van der Waals surface area (Å²) < 4.78 is 33.3. The Hall–Kier alpha value is -2.07. The predicted octanol–water partition coefficient (Wildman–Crippen LogP) is 6.49. The minimum atomic E-state index is -1.85. The van der Waals surface area contributed by atoms with E-state index in [0.29, 0.717) is 19.4 Å². The molecule has 3 rings (SSSR count). The molecule has 0 aliphatic rings. The summed E-state index contributed by atoms with van der Waals surface area (Å²) in [7, 11) is -1.85. The molecule has 160 valence electrons. The van der Waals surface area contributed by atoms with Crippen LogP contribution in [0.4, 0.5) is 4.39 Å². The van der Waals surface area contributed by atoms with Crippen molar-refractivity contribution in [2.45, 2.75) is 52.2 Å². The van der Waals surface area contributed by atoms with Crippen LogP contribution in [-0.4, -0.2) is 28.5 Å². The number of rotatable bonds is 10. The minimum Gasteiger partial charge on any atom is -0.389 e. The van der Waals surface area contributed by atoms with Gasteiger partial charge >= 0.3 is 8.03 Å². The number of aromatic nitrogens is 1. The molecule has 0 bridgehead atoms. The molecular formula is C24H30FNO3P+. The molecule has 0 aliphatic heterocycles. The highest BCUT2D eigenvalue weighted by Crippen LogP contribution is 2.38. The van der Waals surface area contributed by atoms with Gasteiger partial charge in [0.25, 0.3) is 0 Å². The van der Waals surface area contributed by atoms with E-state index in [0.717, 1.165) is 28.5 Å². The Morgan fingerprint density at radius 3 is 2.50 bits per heavy atom. The first-order valence-corrected chi connectivity index (χ1v) is 11.9. The molecule has 0 saturated heterocycles. The Morgan fingerprint density at radius 1 is 1.13 bits per heavy atom. The number of hydrogen-bond acceptors (Lipinski definition) is 3. The molecule has 2 atom stereocenters. The average molecular weight is 430 g/mol. The molecule has 0 saturated carbocycles. The molecule has 0 radical (unpaired) electrons. The van der Waals surface area contributed by atoms with Gasteiger partial charge in [-0.15, -0.1) is 4.52 Å². The van der Waals surface area contributed by atoms with Crippen LogP contribution < -0.4 is 0 Å². The van der Waals surface area contributed by atoms with Crippen LogP contribution in [-0.2, 0) is 15.5 Å². The largest absolute Gasteiger partial charge is 0.510 e. The molecule has 2 aromatic carbocycles. The molecule has 1 heterocycles. The molecule has 4 nitrogen and oxygen atoms in total. The van der Waals surface area contributed by atoms with Gasteiger partial charge in [-0.05, 0) is 61.4 Å². The molecule has 30 heavy (non-hydrogen) atoms. The second-order valence-electron chi connectivity index (χ2n) is 7.82. The quantitative estimate of drug-likeness (QED) is 0.295. The summed E-state index contributed by atoms with van der Waals surface area (Å²) in [5, 5.41) is 10.8. The normalized spacial score (nSPS) is 13.2. The Balaban J connectivity index is 1.89. The standard InChI is InChI=1S/C24H30FNO3P/c1-4-20(27)16-30(28)29-15-7-10-23-24(18-11-13-19(25)14-12-18)21-8-5-6-9-22(21)26(23)17(2)3/h5-6,8-9,11-14,17,20,27H,4,7,10,15-16H2,1-3H3/q+1. The first-order chi connectivity index (χ1) is 14.4. The molecule has 1 aromatic heterocycles. The third-order valence-electron chi connectivity index (χ3n) is 5.29. The summed E-state index contributed by atoms with van der Waals surface area (Å²) in [6.07, 6.45) is 1.63. The summed E-state index contributed by atoms with van der Waals surface area (Å²) in [4.78, 5) is 0. The second kappa shape index (κ2) is 10.3. The fourth-order valence-corrected chi connectivity index (χ4v) is 4.89. The van der Waals surface area contributed by atoms with Crippen molar-refractivity contribution < 1.29 is 18.6 Å². The van der Waals surface area contributed by atoms with Crippen LogP contribution in [0.1, 0.15) is 45.3 Å². The number of benzene rings is 2. The lowest BCUT2D eigenvalue weighted by molar-refractivity contribution is 0.188. The third kappa shape index (κ3) is 5.15. The van der Waals surface area contributed by atoms with Crippen LogP contribution >= 0.6 is 8.03 Å². The number of fused-ring (bicyclic) bond motifs is 1. The average Bonchev–Trinajstić information content (AvgIpc) is 3.06. The molecule has 1 N–H and O–H groups in total.